The molecule has 0 aromatic heterocycles. The van der Waals surface area contributed by atoms with Crippen LogP contribution in [0.25, 0.3) is 0 Å². The molecule has 4 rings (SSSR count). The minimum atomic E-state index is -0.634. The van der Waals surface area contributed by atoms with Crippen LogP contribution in [0.1, 0.15) is 12.8 Å². The molecule has 0 aromatic carbocycles. The van der Waals surface area contributed by atoms with E-state index in [2.05, 4.69) is 0 Å². The first-order valence-corrected chi connectivity index (χ1v) is 5.91. The van der Waals surface area contributed by atoms with Crippen LogP contribution in [0, 0.1) is 23.7 Å². The van der Waals surface area contributed by atoms with Crippen LogP contribution in [0.15, 0.2) is 12.2 Å². The van der Waals surface area contributed by atoms with Crippen LogP contribution in [-0.2, 0) is 14.4 Å². The van der Waals surface area contributed by atoms with Crippen molar-refractivity contribution in [3.05, 3.63) is 12.2 Å². The number of imide groups is 1. The Morgan fingerprint density at radius 2 is 1.65 bits per heavy atom. The van der Waals surface area contributed by atoms with Crippen LogP contribution in [0.3, 0.4) is 0 Å². The second kappa shape index (κ2) is 3.42. The number of likely N-dealkylation sites (tertiary alicyclic amines) is 1. The molecule has 5 nitrogen and oxygen atoms in total. The van der Waals surface area contributed by atoms with Gasteiger partial charge in [0.05, 0.1) is 11.8 Å². The Morgan fingerprint density at radius 1 is 1.18 bits per heavy atom. The van der Waals surface area contributed by atoms with Crippen molar-refractivity contribution in [3.63, 3.8) is 0 Å². The fraction of sp³-hybridized carbons (Fsp3) is 0.583. The van der Waals surface area contributed by atoms with Gasteiger partial charge in [0.2, 0.25) is 17.7 Å². The van der Waals surface area contributed by atoms with Crippen molar-refractivity contribution >= 4 is 17.7 Å². The van der Waals surface area contributed by atoms with Crippen LogP contribution in [-0.4, -0.2) is 29.2 Å². The molecule has 17 heavy (non-hydrogen) atoms. The summed E-state index contributed by atoms with van der Waals surface area (Å²) in [6.45, 7) is -0.274. The summed E-state index contributed by atoms with van der Waals surface area (Å²) in [5, 5.41) is 0. The highest BCUT2D eigenvalue weighted by Crippen LogP contribution is 2.49. The number of nitrogens with two attached hydrogens (primary N) is 1. The average Bonchev–Trinajstić information content (AvgIpc) is 2.57. The third-order valence-electron chi connectivity index (χ3n) is 4.16. The molecular formula is C12H14N2O3. The van der Waals surface area contributed by atoms with E-state index >= 15 is 0 Å². The molecule has 3 aliphatic carbocycles. The second-order valence-corrected chi connectivity index (χ2v) is 5.07. The number of carbonyl (C=O) groups excluding carboxylic acids is 3. The van der Waals surface area contributed by atoms with Gasteiger partial charge < -0.3 is 5.73 Å². The molecule has 0 aromatic rings. The standard InChI is InChI=1S/C12H14N2O3/c13-8(15)5-14-11(16)9-6-1-2-7(4-3-6)10(9)12(14)17/h1-2,6-7,9-10H,3-5H2,(H2,13,15)/t6-,7-,9-,10+/m0/s1. The Hall–Kier alpha value is -1.65. The van der Waals surface area contributed by atoms with Crippen LogP contribution in [0.4, 0.5) is 0 Å². The number of allylic oxidation sites excluding steroid dienone is 2. The van der Waals surface area contributed by atoms with Gasteiger partial charge in [-0.1, -0.05) is 12.2 Å². The first-order valence-electron chi connectivity index (χ1n) is 5.91. The van der Waals surface area contributed by atoms with Crippen molar-refractivity contribution in [1.82, 2.24) is 4.90 Å². The summed E-state index contributed by atoms with van der Waals surface area (Å²) in [6.07, 6.45) is 6.03. The van der Waals surface area contributed by atoms with Crippen molar-refractivity contribution in [2.24, 2.45) is 29.4 Å². The summed E-state index contributed by atoms with van der Waals surface area (Å²) in [4.78, 5) is 36.2. The van der Waals surface area contributed by atoms with E-state index in [-0.39, 0.29) is 42.0 Å². The molecule has 0 radical (unpaired) electrons. The number of hydrogen-bond donors (Lipinski definition) is 1. The zero-order valence-electron chi connectivity index (χ0n) is 9.33. The van der Waals surface area contributed by atoms with Crippen molar-refractivity contribution in [3.8, 4) is 0 Å². The van der Waals surface area contributed by atoms with E-state index in [1.807, 2.05) is 12.2 Å². The number of fused-ring (bicyclic) bond motifs is 1. The van der Waals surface area contributed by atoms with E-state index in [1.165, 1.54) is 0 Å². The molecule has 4 aliphatic rings. The summed E-state index contributed by atoms with van der Waals surface area (Å²) < 4.78 is 0. The monoisotopic (exact) mass is 234 g/mol. The topological polar surface area (TPSA) is 80.5 Å². The predicted octanol–water partition coefficient (Wildman–Crippen LogP) is -0.331. The van der Waals surface area contributed by atoms with Gasteiger partial charge >= 0.3 is 0 Å². The number of primary amides is 1. The first-order chi connectivity index (χ1) is 8.09. The van der Waals surface area contributed by atoms with Crippen molar-refractivity contribution in [2.45, 2.75) is 12.8 Å². The minimum Gasteiger partial charge on any atom is -0.368 e. The van der Waals surface area contributed by atoms with E-state index in [0.717, 1.165) is 17.7 Å². The molecule has 2 N–H and O–H groups in total. The molecule has 1 aliphatic heterocycles. The zero-order chi connectivity index (χ0) is 12.2. The lowest BCUT2D eigenvalue weighted by molar-refractivity contribution is -0.143. The first kappa shape index (κ1) is 10.5. The number of nitrogens with zero attached hydrogens (tertiary/aromatic N) is 1. The lowest BCUT2D eigenvalue weighted by atomic mass is 9.63. The highest BCUT2D eigenvalue weighted by Gasteiger charge is 2.56. The quantitative estimate of drug-likeness (QED) is 0.524. The SMILES string of the molecule is NC(=O)CN1C(=O)[C@@H]2[C@H](C1=O)[C@H]1C=C[C@H]2CC1. The van der Waals surface area contributed by atoms with E-state index in [4.69, 9.17) is 5.73 Å². The van der Waals surface area contributed by atoms with E-state index in [1.54, 1.807) is 0 Å². The van der Waals surface area contributed by atoms with Gasteiger partial charge in [-0.2, -0.15) is 0 Å². The van der Waals surface area contributed by atoms with Crippen LogP contribution >= 0.6 is 0 Å². The smallest absolute Gasteiger partial charge is 0.237 e. The van der Waals surface area contributed by atoms with Crippen molar-refractivity contribution < 1.29 is 14.4 Å². The van der Waals surface area contributed by atoms with Gasteiger partial charge in [-0.25, -0.2) is 0 Å². The van der Waals surface area contributed by atoms with Crippen LogP contribution in [0.5, 0.6) is 0 Å². The number of rotatable bonds is 2. The normalized spacial score (nSPS) is 38.7. The van der Waals surface area contributed by atoms with Crippen LogP contribution in [0.2, 0.25) is 0 Å². The second-order valence-electron chi connectivity index (χ2n) is 5.07. The molecule has 1 heterocycles. The minimum absolute atomic E-state index is 0.166. The number of hydrogen-bond acceptors (Lipinski definition) is 3. The Labute approximate surface area is 98.6 Å². The lowest BCUT2D eigenvalue weighted by Gasteiger charge is -2.38. The molecule has 3 amide bonds. The fourth-order valence-electron chi connectivity index (χ4n) is 3.45. The number of amides is 3. The summed E-state index contributed by atoms with van der Waals surface area (Å²) in [5.41, 5.74) is 5.07. The maximum atomic E-state index is 12.1. The Balaban J connectivity index is 1.94. The Bertz CT molecular complexity index is 411. The molecule has 5 heteroatoms. The fourth-order valence-corrected chi connectivity index (χ4v) is 3.45. The molecule has 90 valence electrons. The average molecular weight is 234 g/mol. The summed E-state index contributed by atoms with van der Waals surface area (Å²) in [6, 6.07) is 0. The van der Waals surface area contributed by atoms with Gasteiger partial charge in [0, 0.05) is 0 Å². The van der Waals surface area contributed by atoms with Gasteiger partial charge in [0.15, 0.2) is 0 Å². The van der Waals surface area contributed by atoms with Gasteiger partial charge in [-0.05, 0) is 24.7 Å². The molecule has 2 bridgehead atoms. The summed E-state index contributed by atoms with van der Waals surface area (Å²) in [5.74, 6) is -1.21. The van der Waals surface area contributed by atoms with Crippen molar-refractivity contribution in [1.29, 1.82) is 0 Å². The molecular weight excluding hydrogens is 220 g/mol. The van der Waals surface area contributed by atoms with Crippen LogP contribution < -0.4 is 5.73 Å². The number of carbonyl (C=O) groups is 3. The Morgan fingerprint density at radius 3 is 2.00 bits per heavy atom. The van der Waals surface area contributed by atoms with Gasteiger partial charge in [0.25, 0.3) is 0 Å². The highest BCUT2D eigenvalue weighted by molar-refractivity contribution is 6.08. The molecule has 2 fully saturated rings. The molecule has 0 unspecified atom stereocenters. The highest BCUT2D eigenvalue weighted by atomic mass is 16.2. The van der Waals surface area contributed by atoms with Gasteiger partial charge in [0.1, 0.15) is 6.54 Å². The zero-order valence-corrected chi connectivity index (χ0v) is 9.33. The largest absolute Gasteiger partial charge is 0.368 e. The maximum absolute atomic E-state index is 12.1. The molecule has 4 atom stereocenters. The van der Waals surface area contributed by atoms with Gasteiger partial charge in [-0.15, -0.1) is 0 Å². The van der Waals surface area contributed by atoms with E-state index in [0.29, 0.717) is 0 Å². The third kappa shape index (κ3) is 1.34. The third-order valence-corrected chi connectivity index (χ3v) is 4.16. The molecule has 1 saturated heterocycles. The van der Waals surface area contributed by atoms with Crippen molar-refractivity contribution in [2.75, 3.05) is 6.54 Å². The molecule has 1 saturated carbocycles. The summed E-state index contributed by atoms with van der Waals surface area (Å²) in [7, 11) is 0. The molecule has 0 spiro atoms. The lowest BCUT2D eigenvalue weighted by Crippen LogP contribution is -2.38. The van der Waals surface area contributed by atoms with E-state index in [9.17, 15) is 14.4 Å². The van der Waals surface area contributed by atoms with Gasteiger partial charge in [-0.3, -0.25) is 19.3 Å². The summed E-state index contributed by atoms with van der Waals surface area (Å²) >= 11 is 0. The Kier molecular flexibility index (Phi) is 2.11. The predicted molar refractivity (Wildman–Crippen MR) is 58.2 cm³/mol. The van der Waals surface area contributed by atoms with E-state index < -0.39 is 5.91 Å². The maximum Gasteiger partial charge on any atom is 0.237 e.